The quantitative estimate of drug-likeness (QED) is 0.886. The maximum absolute atomic E-state index is 9.18. The van der Waals surface area contributed by atoms with Crippen molar-refractivity contribution in [2.45, 2.75) is 13.8 Å². The molecule has 1 aromatic carbocycles. The Balaban J connectivity index is 2.40. The second-order valence-corrected chi connectivity index (χ2v) is 4.41. The highest BCUT2D eigenvalue weighted by atomic mass is 16.3. The molecule has 6 heteroatoms. The van der Waals surface area contributed by atoms with Gasteiger partial charge < -0.3 is 10.0 Å². The van der Waals surface area contributed by atoms with Crippen LogP contribution in [0.5, 0.6) is 0 Å². The van der Waals surface area contributed by atoms with E-state index >= 15 is 0 Å². The SMILES string of the molecule is CCN(CCO)c1nn(-c2ccc(C)cc2)nc1C#N. The van der Waals surface area contributed by atoms with Gasteiger partial charge in [-0.15, -0.1) is 15.0 Å². The molecule has 1 N–H and O–H groups in total. The third-order valence-corrected chi connectivity index (χ3v) is 3.02. The Morgan fingerprint density at radius 1 is 1.30 bits per heavy atom. The minimum atomic E-state index is 0.0100. The van der Waals surface area contributed by atoms with Gasteiger partial charge in [-0.05, 0) is 26.0 Å². The molecule has 6 nitrogen and oxygen atoms in total. The van der Waals surface area contributed by atoms with Crippen molar-refractivity contribution in [1.29, 1.82) is 5.26 Å². The number of anilines is 1. The minimum absolute atomic E-state index is 0.0100. The van der Waals surface area contributed by atoms with Crippen LogP contribution in [0.2, 0.25) is 0 Å². The standard InChI is InChI=1S/C14H17N5O/c1-3-18(8-9-20)14-13(10-15)16-19(17-14)12-6-4-11(2)5-7-12/h4-7,20H,3,8-9H2,1-2H3. The van der Waals surface area contributed by atoms with Crippen LogP contribution in [0.4, 0.5) is 5.82 Å². The lowest BCUT2D eigenvalue weighted by Crippen LogP contribution is -2.27. The molecule has 0 spiro atoms. The molecule has 1 aromatic heterocycles. The van der Waals surface area contributed by atoms with Crippen molar-refractivity contribution in [3.8, 4) is 11.8 Å². The Morgan fingerprint density at radius 3 is 2.55 bits per heavy atom. The first-order valence-electron chi connectivity index (χ1n) is 6.50. The van der Waals surface area contributed by atoms with E-state index in [2.05, 4.69) is 16.3 Å². The van der Waals surface area contributed by atoms with E-state index in [1.54, 1.807) is 0 Å². The van der Waals surface area contributed by atoms with Crippen LogP contribution in [0, 0.1) is 18.3 Å². The number of rotatable bonds is 5. The number of hydrogen-bond acceptors (Lipinski definition) is 5. The number of aliphatic hydroxyl groups excluding tert-OH is 1. The van der Waals surface area contributed by atoms with Crippen LogP contribution < -0.4 is 4.90 Å². The van der Waals surface area contributed by atoms with Crippen molar-refractivity contribution in [3.05, 3.63) is 35.5 Å². The molecule has 0 amide bonds. The first kappa shape index (κ1) is 14.0. The van der Waals surface area contributed by atoms with Gasteiger partial charge in [0.05, 0.1) is 12.3 Å². The average molecular weight is 271 g/mol. The normalized spacial score (nSPS) is 10.3. The fourth-order valence-electron chi connectivity index (χ4n) is 1.91. The van der Waals surface area contributed by atoms with E-state index in [1.807, 2.05) is 43.0 Å². The van der Waals surface area contributed by atoms with Crippen molar-refractivity contribution >= 4 is 5.82 Å². The molecule has 0 atom stereocenters. The molecule has 0 aliphatic rings. The van der Waals surface area contributed by atoms with Crippen molar-refractivity contribution in [2.24, 2.45) is 0 Å². The zero-order valence-electron chi connectivity index (χ0n) is 11.6. The summed E-state index contributed by atoms with van der Waals surface area (Å²) in [4.78, 5) is 3.28. The number of nitriles is 1. The second-order valence-electron chi connectivity index (χ2n) is 4.41. The van der Waals surface area contributed by atoms with Gasteiger partial charge in [-0.2, -0.15) is 5.26 Å². The Hall–Kier alpha value is -2.39. The Labute approximate surface area is 117 Å². The maximum Gasteiger partial charge on any atom is 0.207 e. The van der Waals surface area contributed by atoms with E-state index in [0.717, 1.165) is 11.3 Å². The topological polar surface area (TPSA) is 78.0 Å². The minimum Gasteiger partial charge on any atom is -0.395 e. The Bertz CT molecular complexity index is 611. The molecule has 1 heterocycles. The molecular weight excluding hydrogens is 254 g/mol. The van der Waals surface area contributed by atoms with E-state index in [0.29, 0.717) is 18.9 Å². The lowest BCUT2D eigenvalue weighted by molar-refractivity contribution is 0.302. The number of aryl methyl sites for hydroxylation is 1. The van der Waals surface area contributed by atoms with Gasteiger partial charge in [0.2, 0.25) is 5.69 Å². The number of likely N-dealkylation sites (N-methyl/N-ethyl adjacent to an activating group) is 1. The monoisotopic (exact) mass is 271 g/mol. The van der Waals surface area contributed by atoms with E-state index in [9.17, 15) is 5.26 Å². The Morgan fingerprint density at radius 2 is 2.00 bits per heavy atom. The van der Waals surface area contributed by atoms with Crippen LogP contribution in [0.1, 0.15) is 18.2 Å². The van der Waals surface area contributed by atoms with Crippen LogP contribution in [0.3, 0.4) is 0 Å². The zero-order chi connectivity index (χ0) is 14.5. The Kier molecular flexibility index (Phi) is 4.33. The van der Waals surface area contributed by atoms with Crippen LogP contribution in [0.15, 0.2) is 24.3 Å². The lowest BCUT2D eigenvalue weighted by atomic mass is 10.2. The molecule has 0 radical (unpaired) electrons. The smallest absolute Gasteiger partial charge is 0.207 e. The van der Waals surface area contributed by atoms with Gasteiger partial charge in [-0.3, -0.25) is 0 Å². The van der Waals surface area contributed by atoms with Gasteiger partial charge in [-0.25, -0.2) is 0 Å². The van der Waals surface area contributed by atoms with E-state index < -0.39 is 0 Å². The molecule has 0 saturated carbocycles. The van der Waals surface area contributed by atoms with Gasteiger partial charge in [-0.1, -0.05) is 17.7 Å². The molecule has 104 valence electrons. The highest BCUT2D eigenvalue weighted by Crippen LogP contribution is 2.17. The molecule has 0 fully saturated rings. The summed E-state index contributed by atoms with van der Waals surface area (Å²) >= 11 is 0. The summed E-state index contributed by atoms with van der Waals surface area (Å²) in [5.74, 6) is 0.504. The molecular formula is C14H17N5O. The molecule has 2 rings (SSSR count). The molecule has 0 unspecified atom stereocenters. The highest BCUT2D eigenvalue weighted by molar-refractivity contribution is 5.50. The van der Waals surface area contributed by atoms with Crippen LogP contribution >= 0.6 is 0 Å². The predicted molar refractivity (Wildman–Crippen MR) is 75.8 cm³/mol. The summed E-state index contributed by atoms with van der Waals surface area (Å²) in [6.07, 6.45) is 0. The largest absolute Gasteiger partial charge is 0.395 e. The maximum atomic E-state index is 9.18. The number of aromatic nitrogens is 3. The van der Waals surface area contributed by atoms with Crippen molar-refractivity contribution < 1.29 is 5.11 Å². The van der Waals surface area contributed by atoms with Crippen molar-refractivity contribution in [2.75, 3.05) is 24.6 Å². The van der Waals surface area contributed by atoms with E-state index in [-0.39, 0.29) is 12.3 Å². The van der Waals surface area contributed by atoms with Gasteiger partial charge in [0.1, 0.15) is 6.07 Å². The molecule has 0 aliphatic carbocycles. The third kappa shape index (κ3) is 2.78. The van der Waals surface area contributed by atoms with Gasteiger partial charge in [0, 0.05) is 13.1 Å². The molecule has 20 heavy (non-hydrogen) atoms. The van der Waals surface area contributed by atoms with E-state index in [4.69, 9.17) is 5.11 Å². The number of aliphatic hydroxyl groups is 1. The van der Waals surface area contributed by atoms with Crippen molar-refractivity contribution in [3.63, 3.8) is 0 Å². The van der Waals surface area contributed by atoms with Crippen LogP contribution in [-0.2, 0) is 0 Å². The summed E-state index contributed by atoms with van der Waals surface area (Å²) in [6, 6.07) is 9.80. The molecule has 0 saturated heterocycles. The summed E-state index contributed by atoms with van der Waals surface area (Å²) < 4.78 is 0. The zero-order valence-corrected chi connectivity index (χ0v) is 11.6. The van der Waals surface area contributed by atoms with Gasteiger partial charge >= 0.3 is 0 Å². The summed E-state index contributed by atoms with van der Waals surface area (Å²) in [6.45, 7) is 5.05. The van der Waals surface area contributed by atoms with E-state index in [1.165, 1.54) is 4.80 Å². The predicted octanol–water partition coefficient (Wildman–Crippen LogP) is 1.27. The molecule has 2 aromatic rings. The lowest BCUT2D eigenvalue weighted by Gasteiger charge is -2.18. The number of hydrogen-bond donors (Lipinski definition) is 1. The van der Waals surface area contributed by atoms with Gasteiger partial charge in [0.25, 0.3) is 0 Å². The van der Waals surface area contributed by atoms with Crippen molar-refractivity contribution in [1.82, 2.24) is 15.0 Å². The number of benzene rings is 1. The first-order valence-corrected chi connectivity index (χ1v) is 6.50. The summed E-state index contributed by atoms with van der Waals surface area (Å²) in [5.41, 5.74) is 2.22. The second kappa shape index (κ2) is 6.17. The average Bonchev–Trinajstić information content (AvgIpc) is 2.89. The van der Waals surface area contributed by atoms with Crippen LogP contribution in [-0.4, -0.2) is 39.8 Å². The molecule has 0 aliphatic heterocycles. The summed E-state index contributed by atoms with van der Waals surface area (Å²) in [5, 5.41) is 26.8. The molecule has 0 bridgehead atoms. The van der Waals surface area contributed by atoms with Crippen LogP contribution in [0.25, 0.3) is 5.69 Å². The third-order valence-electron chi connectivity index (χ3n) is 3.02. The highest BCUT2D eigenvalue weighted by Gasteiger charge is 2.17. The summed E-state index contributed by atoms with van der Waals surface area (Å²) in [7, 11) is 0. The fraction of sp³-hybridized carbons (Fsp3) is 0.357. The fourth-order valence-corrected chi connectivity index (χ4v) is 1.91. The first-order chi connectivity index (χ1) is 9.69. The number of nitrogens with zero attached hydrogens (tertiary/aromatic N) is 5. The van der Waals surface area contributed by atoms with Gasteiger partial charge in [0.15, 0.2) is 5.82 Å².